The monoisotopic (exact) mass is 518 g/mol. The summed E-state index contributed by atoms with van der Waals surface area (Å²) in [4.78, 5) is 40.5. The molecule has 1 fully saturated rings. The van der Waals surface area contributed by atoms with Gasteiger partial charge in [-0.25, -0.2) is 4.68 Å². The van der Waals surface area contributed by atoms with Gasteiger partial charge in [0.25, 0.3) is 0 Å². The summed E-state index contributed by atoms with van der Waals surface area (Å²) in [5, 5.41) is 21.1. The molecule has 1 saturated heterocycles. The van der Waals surface area contributed by atoms with Gasteiger partial charge >= 0.3 is 0 Å². The number of β-amino-alcohol motifs (C(OH)–C–C–N with tert-alkyl or cyclic N) is 1. The fourth-order valence-corrected chi connectivity index (χ4v) is 4.87. The molecule has 2 heterocycles. The molecule has 4 atom stereocenters. The summed E-state index contributed by atoms with van der Waals surface area (Å²) in [6, 6.07) is 15.0. The number of aliphatic hydroxyl groups is 1. The Morgan fingerprint density at radius 1 is 1.08 bits per heavy atom. The number of nitrogens with one attached hydrogen (secondary N) is 1. The van der Waals surface area contributed by atoms with Gasteiger partial charge < -0.3 is 21.1 Å². The topological polar surface area (TPSA) is 143 Å². The number of likely N-dealkylation sites (tertiary alicyclic amines) is 1. The highest BCUT2D eigenvalue weighted by atomic mass is 16.3. The predicted octanol–water partition coefficient (Wildman–Crippen LogP) is 1.63. The number of benzene rings is 2. The molecule has 0 unspecified atom stereocenters. The van der Waals surface area contributed by atoms with Crippen LogP contribution in [-0.4, -0.2) is 67.5 Å². The Morgan fingerprint density at radius 3 is 2.32 bits per heavy atom. The first-order valence-electron chi connectivity index (χ1n) is 12.7. The van der Waals surface area contributed by atoms with Crippen molar-refractivity contribution in [3.05, 3.63) is 72.1 Å². The van der Waals surface area contributed by atoms with Gasteiger partial charge in [0.2, 0.25) is 17.7 Å². The van der Waals surface area contributed by atoms with Crippen LogP contribution in [0.25, 0.3) is 11.1 Å². The third-order valence-corrected chi connectivity index (χ3v) is 6.82. The molecule has 1 aromatic heterocycles. The molecule has 38 heavy (non-hydrogen) atoms. The van der Waals surface area contributed by atoms with Crippen LogP contribution in [0.2, 0.25) is 0 Å². The molecule has 2 aromatic carbocycles. The van der Waals surface area contributed by atoms with Crippen LogP contribution in [0.3, 0.4) is 0 Å². The summed E-state index contributed by atoms with van der Waals surface area (Å²) in [6.07, 6.45) is 1.08. The van der Waals surface area contributed by atoms with Gasteiger partial charge in [0, 0.05) is 25.6 Å². The van der Waals surface area contributed by atoms with Gasteiger partial charge in [-0.05, 0) is 29.5 Å². The number of primary amides is 1. The van der Waals surface area contributed by atoms with E-state index < -0.39 is 36.0 Å². The average Bonchev–Trinajstić information content (AvgIpc) is 3.49. The predicted molar refractivity (Wildman–Crippen MR) is 141 cm³/mol. The normalized spacial score (nSPS) is 18.8. The van der Waals surface area contributed by atoms with E-state index in [0.29, 0.717) is 5.69 Å². The van der Waals surface area contributed by atoms with E-state index in [4.69, 9.17) is 5.73 Å². The van der Waals surface area contributed by atoms with E-state index in [-0.39, 0.29) is 31.2 Å². The molecule has 3 aromatic rings. The molecule has 0 radical (unpaired) electrons. The quantitative estimate of drug-likeness (QED) is 0.393. The van der Waals surface area contributed by atoms with Gasteiger partial charge in [-0.1, -0.05) is 73.7 Å². The third kappa shape index (κ3) is 6.08. The van der Waals surface area contributed by atoms with Crippen LogP contribution in [0.1, 0.15) is 37.6 Å². The van der Waals surface area contributed by atoms with E-state index in [0.717, 1.165) is 16.7 Å². The number of aliphatic hydroxyl groups excluding tert-OH is 1. The summed E-state index contributed by atoms with van der Waals surface area (Å²) < 4.78 is 1.49. The fourth-order valence-electron chi connectivity index (χ4n) is 4.87. The summed E-state index contributed by atoms with van der Waals surface area (Å²) in [5.41, 5.74) is 9.24. The van der Waals surface area contributed by atoms with Gasteiger partial charge in [0.15, 0.2) is 0 Å². The van der Waals surface area contributed by atoms with E-state index >= 15 is 0 Å². The molecule has 1 aliphatic rings. The number of amides is 3. The van der Waals surface area contributed by atoms with Crippen LogP contribution in [0.5, 0.6) is 0 Å². The van der Waals surface area contributed by atoms with Crippen molar-refractivity contribution in [3.8, 4) is 11.1 Å². The summed E-state index contributed by atoms with van der Waals surface area (Å²) in [7, 11) is 0. The van der Waals surface area contributed by atoms with Crippen molar-refractivity contribution in [2.45, 2.75) is 57.8 Å². The van der Waals surface area contributed by atoms with Crippen molar-refractivity contribution < 1.29 is 19.5 Å². The van der Waals surface area contributed by atoms with Crippen LogP contribution in [0.15, 0.2) is 60.8 Å². The lowest BCUT2D eigenvalue weighted by molar-refractivity contribution is -0.143. The van der Waals surface area contributed by atoms with Crippen molar-refractivity contribution in [1.82, 2.24) is 25.2 Å². The first kappa shape index (κ1) is 27.0. The zero-order valence-electron chi connectivity index (χ0n) is 21.8. The molecule has 10 nitrogen and oxygen atoms in total. The lowest BCUT2D eigenvalue weighted by atomic mass is 10.00. The number of nitrogens with zero attached hydrogens (tertiary/aromatic N) is 4. The van der Waals surface area contributed by atoms with E-state index in [9.17, 15) is 19.5 Å². The van der Waals surface area contributed by atoms with Crippen LogP contribution in [-0.2, 0) is 20.8 Å². The second-order valence-corrected chi connectivity index (χ2v) is 10.2. The van der Waals surface area contributed by atoms with Crippen LogP contribution < -0.4 is 11.1 Å². The minimum absolute atomic E-state index is 0.00993. The Balaban J connectivity index is 1.47. The molecule has 4 rings (SSSR count). The van der Waals surface area contributed by atoms with Crippen molar-refractivity contribution in [1.29, 1.82) is 0 Å². The number of hydrogen-bond acceptors (Lipinski definition) is 6. The fraction of sp³-hybridized carbons (Fsp3) is 0.393. The second kappa shape index (κ2) is 11.6. The summed E-state index contributed by atoms with van der Waals surface area (Å²) >= 11 is 0. The average molecular weight is 519 g/mol. The molecule has 10 heteroatoms. The maximum Gasteiger partial charge on any atom is 0.248 e. The van der Waals surface area contributed by atoms with Gasteiger partial charge in [0.1, 0.15) is 18.1 Å². The molecule has 200 valence electrons. The maximum atomic E-state index is 13.6. The molecule has 1 aliphatic heterocycles. The molecular formula is C28H34N6O4. The van der Waals surface area contributed by atoms with E-state index in [1.165, 1.54) is 9.58 Å². The van der Waals surface area contributed by atoms with Crippen molar-refractivity contribution in [2.75, 3.05) is 6.54 Å². The standard InChI is InChI=1S/C28H34N6O4/c1-17(2)25(34-15-18(3)31-32-34)28(38)33-16-22(35)14-24(33)27(37)30-23(26(29)36)13-19-9-11-21(12-10-19)20-7-5-4-6-8-20/h4-12,15,17,22-25,35H,13-14,16H2,1-3H3,(H2,29,36)(H,30,37)/t22-,23-,24+,25+/m1/s1. The minimum Gasteiger partial charge on any atom is -0.391 e. The van der Waals surface area contributed by atoms with Crippen LogP contribution >= 0.6 is 0 Å². The molecule has 0 aliphatic carbocycles. The maximum absolute atomic E-state index is 13.6. The van der Waals surface area contributed by atoms with E-state index in [2.05, 4.69) is 15.6 Å². The molecule has 0 spiro atoms. The highest BCUT2D eigenvalue weighted by Gasteiger charge is 2.43. The Labute approximate surface area is 221 Å². The Morgan fingerprint density at radius 2 is 1.74 bits per heavy atom. The van der Waals surface area contributed by atoms with Crippen molar-refractivity contribution in [3.63, 3.8) is 0 Å². The van der Waals surface area contributed by atoms with Gasteiger partial charge in [-0.3, -0.25) is 14.4 Å². The van der Waals surface area contributed by atoms with E-state index in [1.807, 2.05) is 68.4 Å². The third-order valence-electron chi connectivity index (χ3n) is 6.82. The van der Waals surface area contributed by atoms with Crippen molar-refractivity contribution in [2.24, 2.45) is 11.7 Å². The molecule has 0 saturated carbocycles. The lowest BCUT2D eigenvalue weighted by Crippen LogP contribution is -2.54. The number of carbonyl (C=O) groups is 3. The molecule has 0 bridgehead atoms. The number of rotatable bonds is 9. The number of aromatic nitrogens is 3. The van der Waals surface area contributed by atoms with Crippen LogP contribution in [0.4, 0.5) is 0 Å². The highest BCUT2D eigenvalue weighted by Crippen LogP contribution is 2.27. The lowest BCUT2D eigenvalue weighted by Gasteiger charge is -2.30. The van der Waals surface area contributed by atoms with Gasteiger partial charge in [-0.2, -0.15) is 0 Å². The molecule has 3 amide bonds. The first-order chi connectivity index (χ1) is 18.1. The number of carbonyl (C=O) groups excluding carboxylic acids is 3. The van der Waals surface area contributed by atoms with Crippen LogP contribution in [0, 0.1) is 12.8 Å². The summed E-state index contributed by atoms with van der Waals surface area (Å²) in [6.45, 7) is 5.55. The Bertz CT molecular complexity index is 1270. The van der Waals surface area contributed by atoms with Gasteiger partial charge in [-0.15, -0.1) is 5.10 Å². The van der Waals surface area contributed by atoms with Gasteiger partial charge in [0.05, 0.1) is 11.8 Å². The highest BCUT2D eigenvalue weighted by molar-refractivity contribution is 5.93. The SMILES string of the molecule is Cc1cn([C@H](C(=O)N2C[C@H](O)C[C@H]2C(=O)N[C@H](Cc2ccc(-c3ccccc3)cc2)C(N)=O)C(C)C)nn1. The second-order valence-electron chi connectivity index (χ2n) is 10.2. The molecular weight excluding hydrogens is 484 g/mol. The summed E-state index contributed by atoms with van der Waals surface area (Å²) in [5.74, 6) is -1.69. The zero-order chi connectivity index (χ0) is 27.4. The van der Waals surface area contributed by atoms with E-state index in [1.54, 1.807) is 13.1 Å². The largest absolute Gasteiger partial charge is 0.391 e. The number of aryl methyl sites for hydroxylation is 1. The Kier molecular flexibility index (Phi) is 8.21. The molecule has 4 N–H and O–H groups in total. The number of nitrogens with two attached hydrogens (primary N) is 1. The zero-order valence-corrected chi connectivity index (χ0v) is 21.8. The Hall–Kier alpha value is -4.05. The first-order valence-corrected chi connectivity index (χ1v) is 12.7. The van der Waals surface area contributed by atoms with Crippen molar-refractivity contribution >= 4 is 17.7 Å². The minimum atomic E-state index is -0.973. The number of hydrogen-bond donors (Lipinski definition) is 3. The smallest absolute Gasteiger partial charge is 0.248 e.